The van der Waals surface area contributed by atoms with Crippen LogP contribution in [0.1, 0.15) is 33.1 Å². The van der Waals surface area contributed by atoms with Gasteiger partial charge in [0.1, 0.15) is 5.54 Å². The van der Waals surface area contributed by atoms with Gasteiger partial charge >= 0.3 is 0 Å². The second kappa shape index (κ2) is 4.17. The van der Waals surface area contributed by atoms with Crippen LogP contribution in [0, 0.1) is 11.3 Å². The number of carbonyl (C=O) groups excluding carboxylic acids is 1. The van der Waals surface area contributed by atoms with Gasteiger partial charge in [-0.15, -0.1) is 0 Å². The van der Waals surface area contributed by atoms with Gasteiger partial charge in [-0.1, -0.05) is 13.8 Å². The first kappa shape index (κ1) is 13.3. The van der Waals surface area contributed by atoms with Crippen molar-refractivity contribution in [2.75, 3.05) is 19.7 Å². The number of hydrogen-bond acceptors (Lipinski definition) is 4. The molecule has 5 nitrogen and oxygen atoms in total. The van der Waals surface area contributed by atoms with E-state index >= 15 is 0 Å². The Morgan fingerprint density at radius 2 is 2.16 bits per heavy atom. The van der Waals surface area contributed by atoms with Crippen LogP contribution in [-0.2, 0) is 9.53 Å². The maximum atomic E-state index is 12.8. The molecule has 1 amide bonds. The largest absolute Gasteiger partial charge is 0.391 e. The molecule has 1 saturated carbocycles. The molecule has 0 radical (unpaired) electrons. The van der Waals surface area contributed by atoms with Crippen molar-refractivity contribution in [3.8, 4) is 0 Å². The summed E-state index contributed by atoms with van der Waals surface area (Å²) in [7, 11) is 0. The molecule has 3 fully saturated rings. The van der Waals surface area contributed by atoms with Gasteiger partial charge in [0, 0.05) is 31.0 Å². The lowest BCUT2D eigenvalue weighted by molar-refractivity contribution is -0.229. The summed E-state index contributed by atoms with van der Waals surface area (Å²) in [5, 5.41) is 9.61. The summed E-state index contributed by atoms with van der Waals surface area (Å²) in [6.45, 7) is 5.88. The number of β-amino-alcohol motifs (C(OH)–C–C–N with tert-alkyl or cyclic N) is 1. The molecule has 0 aromatic rings. The topological polar surface area (TPSA) is 75.8 Å². The molecule has 0 spiro atoms. The number of likely N-dealkylation sites (tertiary alicyclic amines) is 1. The van der Waals surface area contributed by atoms with Crippen molar-refractivity contribution in [3.05, 3.63) is 0 Å². The minimum Gasteiger partial charge on any atom is -0.391 e. The maximum Gasteiger partial charge on any atom is 0.243 e. The molecular weight excluding hydrogens is 244 g/mol. The third-order valence-electron chi connectivity index (χ3n) is 5.49. The van der Waals surface area contributed by atoms with Crippen molar-refractivity contribution in [2.45, 2.75) is 50.9 Å². The van der Waals surface area contributed by atoms with Crippen LogP contribution < -0.4 is 5.73 Å². The lowest BCUT2D eigenvalue weighted by atomic mass is 9.46. The van der Waals surface area contributed by atoms with Crippen molar-refractivity contribution >= 4 is 5.91 Å². The van der Waals surface area contributed by atoms with E-state index in [1.165, 1.54) is 0 Å². The Morgan fingerprint density at radius 3 is 2.79 bits per heavy atom. The summed E-state index contributed by atoms with van der Waals surface area (Å²) in [4.78, 5) is 14.5. The fraction of sp³-hybridized carbons (Fsp3) is 0.929. The van der Waals surface area contributed by atoms with Crippen molar-refractivity contribution < 1.29 is 14.6 Å². The minimum atomic E-state index is -0.831. The molecule has 108 valence electrons. The summed E-state index contributed by atoms with van der Waals surface area (Å²) in [5.74, 6) is 0.127. The Balaban J connectivity index is 1.83. The van der Waals surface area contributed by atoms with Gasteiger partial charge in [0.2, 0.25) is 5.91 Å². The molecule has 3 N–H and O–H groups in total. The van der Waals surface area contributed by atoms with Gasteiger partial charge in [0.25, 0.3) is 0 Å². The summed E-state index contributed by atoms with van der Waals surface area (Å²) in [5.41, 5.74) is 5.39. The van der Waals surface area contributed by atoms with E-state index in [2.05, 4.69) is 0 Å². The molecule has 0 aromatic carbocycles. The molecule has 2 saturated heterocycles. The first-order chi connectivity index (χ1) is 8.89. The van der Waals surface area contributed by atoms with Gasteiger partial charge in [0.15, 0.2) is 0 Å². The zero-order valence-electron chi connectivity index (χ0n) is 11.8. The number of nitrogens with zero attached hydrogens (tertiary/aromatic N) is 1. The van der Waals surface area contributed by atoms with Gasteiger partial charge in [-0.3, -0.25) is 4.79 Å². The number of fused-ring (bicyclic) bond motifs is 1. The molecule has 3 aliphatic rings. The van der Waals surface area contributed by atoms with Gasteiger partial charge < -0.3 is 20.5 Å². The van der Waals surface area contributed by atoms with Crippen LogP contribution in [0.3, 0.4) is 0 Å². The van der Waals surface area contributed by atoms with Crippen LogP contribution >= 0.6 is 0 Å². The van der Waals surface area contributed by atoms with Gasteiger partial charge in [-0.2, -0.15) is 0 Å². The highest BCUT2D eigenvalue weighted by atomic mass is 16.5. The number of ether oxygens (including phenoxy) is 1. The van der Waals surface area contributed by atoms with E-state index in [-0.39, 0.29) is 23.3 Å². The third kappa shape index (κ3) is 1.61. The average molecular weight is 268 g/mol. The van der Waals surface area contributed by atoms with E-state index in [9.17, 15) is 9.90 Å². The molecule has 19 heavy (non-hydrogen) atoms. The van der Waals surface area contributed by atoms with Crippen molar-refractivity contribution in [3.63, 3.8) is 0 Å². The fourth-order valence-electron chi connectivity index (χ4n) is 4.20. The summed E-state index contributed by atoms with van der Waals surface area (Å²) in [6, 6.07) is 0. The molecule has 5 heteroatoms. The van der Waals surface area contributed by atoms with Crippen LogP contribution in [0.4, 0.5) is 0 Å². The first-order valence-corrected chi connectivity index (χ1v) is 7.27. The molecule has 1 aliphatic carbocycles. The molecule has 2 aliphatic heterocycles. The average Bonchev–Trinajstić information content (AvgIpc) is 2.83. The van der Waals surface area contributed by atoms with Crippen LogP contribution in [-0.4, -0.2) is 53.4 Å². The Hall–Kier alpha value is -0.650. The van der Waals surface area contributed by atoms with Crippen molar-refractivity contribution in [2.24, 2.45) is 17.1 Å². The lowest BCUT2D eigenvalue weighted by Gasteiger charge is -2.65. The quantitative estimate of drug-likeness (QED) is 0.708. The Bertz CT molecular complexity index is 398. The van der Waals surface area contributed by atoms with E-state index in [0.717, 1.165) is 19.4 Å². The van der Waals surface area contributed by atoms with Crippen LogP contribution in [0.2, 0.25) is 0 Å². The summed E-state index contributed by atoms with van der Waals surface area (Å²) >= 11 is 0. The highest BCUT2D eigenvalue weighted by molar-refractivity contribution is 5.89. The zero-order chi connectivity index (χ0) is 13.8. The SMILES string of the molecule is CC1(C)C2OCCCC2C1(N)C(=O)N1CCC(O)C1. The normalized spacial score (nSPS) is 44.6. The smallest absolute Gasteiger partial charge is 0.243 e. The van der Waals surface area contributed by atoms with Crippen molar-refractivity contribution in [1.29, 1.82) is 0 Å². The molecule has 2 heterocycles. The second-order valence-electron chi connectivity index (χ2n) is 6.82. The predicted molar refractivity (Wildman–Crippen MR) is 70.4 cm³/mol. The van der Waals surface area contributed by atoms with E-state index in [4.69, 9.17) is 10.5 Å². The predicted octanol–water partition coefficient (Wildman–Crippen LogP) is 0.112. The molecule has 4 unspecified atom stereocenters. The molecular formula is C14H24N2O3. The number of aliphatic hydroxyl groups is 1. The number of hydrogen-bond donors (Lipinski definition) is 2. The number of carbonyl (C=O) groups is 1. The Labute approximate surface area is 114 Å². The number of amides is 1. The highest BCUT2D eigenvalue weighted by Crippen LogP contribution is 2.58. The summed E-state index contributed by atoms with van der Waals surface area (Å²) in [6.07, 6.45) is 2.31. The molecule has 0 aromatic heterocycles. The monoisotopic (exact) mass is 268 g/mol. The molecule has 4 atom stereocenters. The van der Waals surface area contributed by atoms with E-state index in [0.29, 0.717) is 19.5 Å². The van der Waals surface area contributed by atoms with E-state index in [1.54, 1.807) is 4.90 Å². The van der Waals surface area contributed by atoms with Crippen LogP contribution in [0.15, 0.2) is 0 Å². The fourth-order valence-corrected chi connectivity index (χ4v) is 4.20. The number of aliphatic hydroxyl groups excluding tert-OH is 1. The maximum absolute atomic E-state index is 12.8. The van der Waals surface area contributed by atoms with Gasteiger partial charge in [-0.25, -0.2) is 0 Å². The van der Waals surface area contributed by atoms with Crippen molar-refractivity contribution in [1.82, 2.24) is 4.90 Å². The number of nitrogens with two attached hydrogens (primary N) is 1. The van der Waals surface area contributed by atoms with Gasteiger partial charge in [-0.05, 0) is 19.3 Å². The highest BCUT2D eigenvalue weighted by Gasteiger charge is 2.71. The third-order valence-corrected chi connectivity index (χ3v) is 5.49. The lowest BCUT2D eigenvalue weighted by Crippen LogP contribution is -2.82. The van der Waals surface area contributed by atoms with Gasteiger partial charge in [0.05, 0.1) is 12.2 Å². The molecule has 0 bridgehead atoms. The second-order valence-corrected chi connectivity index (χ2v) is 6.82. The first-order valence-electron chi connectivity index (χ1n) is 7.27. The number of rotatable bonds is 1. The van der Waals surface area contributed by atoms with Crippen LogP contribution in [0.5, 0.6) is 0 Å². The standard InChI is InChI=1S/C14H24N2O3/c1-13(2)11-10(4-3-7-19-11)14(13,15)12(18)16-6-5-9(17)8-16/h9-11,17H,3-8,15H2,1-2H3. The zero-order valence-corrected chi connectivity index (χ0v) is 11.8. The Morgan fingerprint density at radius 1 is 1.42 bits per heavy atom. The van der Waals surface area contributed by atoms with Crippen LogP contribution in [0.25, 0.3) is 0 Å². The van der Waals surface area contributed by atoms with E-state index < -0.39 is 11.6 Å². The Kier molecular flexibility index (Phi) is 2.93. The minimum absolute atomic E-state index is 0.000741. The molecule has 3 rings (SSSR count). The van der Waals surface area contributed by atoms with E-state index in [1.807, 2.05) is 13.8 Å². The summed E-state index contributed by atoms with van der Waals surface area (Å²) < 4.78 is 5.82.